The lowest BCUT2D eigenvalue weighted by Gasteiger charge is -2.08. The van der Waals surface area contributed by atoms with Gasteiger partial charge in [-0.05, 0) is 0 Å². The summed E-state index contributed by atoms with van der Waals surface area (Å²) in [6.07, 6.45) is 0. The topological polar surface area (TPSA) is 111 Å². The van der Waals surface area contributed by atoms with Gasteiger partial charge >= 0.3 is 5.97 Å². The van der Waals surface area contributed by atoms with Crippen LogP contribution < -0.4 is 11.5 Å². The van der Waals surface area contributed by atoms with E-state index in [2.05, 4.69) is 4.99 Å². The fraction of sp³-hybridized carbons (Fsp3) is 0.714. The quantitative estimate of drug-likeness (QED) is 0.274. The number of alkyl halides is 1. The Morgan fingerprint density at radius 1 is 1.64 bits per heavy atom. The van der Waals surface area contributed by atoms with Gasteiger partial charge in [0.05, 0.1) is 13.2 Å². The first-order valence-corrected chi connectivity index (χ1v) is 4.00. The van der Waals surface area contributed by atoms with Crippen molar-refractivity contribution in [3.8, 4) is 0 Å². The van der Waals surface area contributed by atoms with Crippen LogP contribution in [0.4, 0.5) is 4.39 Å². The van der Waals surface area contributed by atoms with Crippen LogP contribution in [-0.2, 0) is 9.53 Å². The number of aliphatic carboxylic acids is 1. The van der Waals surface area contributed by atoms with Crippen LogP contribution in [0.15, 0.2) is 4.99 Å². The van der Waals surface area contributed by atoms with Gasteiger partial charge in [0.15, 0.2) is 6.04 Å². The van der Waals surface area contributed by atoms with E-state index in [-0.39, 0.29) is 25.6 Å². The first-order valence-electron chi connectivity index (χ1n) is 4.00. The number of halogens is 1. The molecule has 0 fully saturated rings. The zero-order chi connectivity index (χ0) is 11.0. The molecule has 7 heteroatoms. The first-order chi connectivity index (χ1) is 6.61. The van der Waals surface area contributed by atoms with E-state index in [4.69, 9.17) is 21.3 Å². The number of rotatable bonds is 7. The van der Waals surface area contributed by atoms with E-state index >= 15 is 0 Å². The molecular formula is C7H14FN3O3. The van der Waals surface area contributed by atoms with Crippen LogP contribution in [0.1, 0.15) is 0 Å². The Hall–Kier alpha value is -1.21. The molecule has 0 aromatic carbocycles. The van der Waals surface area contributed by atoms with Crippen molar-refractivity contribution >= 4 is 11.8 Å². The van der Waals surface area contributed by atoms with Gasteiger partial charge in [-0.2, -0.15) is 0 Å². The van der Waals surface area contributed by atoms with Gasteiger partial charge in [0, 0.05) is 6.54 Å². The predicted octanol–water partition coefficient (Wildman–Crippen LogP) is -1.26. The minimum absolute atomic E-state index is 0.159. The number of carboxylic acids is 1. The van der Waals surface area contributed by atoms with E-state index in [1.165, 1.54) is 0 Å². The molecule has 0 aliphatic rings. The molecule has 0 saturated carbocycles. The molecule has 14 heavy (non-hydrogen) atoms. The molecule has 0 rings (SSSR count). The van der Waals surface area contributed by atoms with E-state index in [1.807, 2.05) is 0 Å². The molecule has 0 aromatic heterocycles. The van der Waals surface area contributed by atoms with Gasteiger partial charge in [-0.3, -0.25) is 4.99 Å². The second-order valence-electron chi connectivity index (χ2n) is 2.47. The summed E-state index contributed by atoms with van der Waals surface area (Å²) >= 11 is 0. The standard InChI is InChI=1S/C7H14FN3O3/c8-3-6(10)11-5(7(12)13)4-14-2-1-9/h5H,1-4,9H2,(H2,10,11)(H,12,13)/t5-/m0/s1. The number of ether oxygens (including phenoxy) is 1. The second-order valence-corrected chi connectivity index (χ2v) is 2.47. The van der Waals surface area contributed by atoms with E-state index < -0.39 is 18.7 Å². The van der Waals surface area contributed by atoms with Crippen LogP contribution in [0.2, 0.25) is 0 Å². The zero-order valence-electron chi connectivity index (χ0n) is 7.65. The van der Waals surface area contributed by atoms with Crippen LogP contribution in [0, 0.1) is 0 Å². The molecule has 6 nitrogen and oxygen atoms in total. The maximum Gasteiger partial charge on any atom is 0.330 e. The average molecular weight is 207 g/mol. The molecule has 0 aliphatic carbocycles. The highest BCUT2D eigenvalue weighted by Gasteiger charge is 2.16. The van der Waals surface area contributed by atoms with Crippen molar-refractivity contribution in [2.24, 2.45) is 16.5 Å². The molecule has 0 bridgehead atoms. The Morgan fingerprint density at radius 3 is 2.71 bits per heavy atom. The van der Waals surface area contributed by atoms with E-state index in [0.29, 0.717) is 0 Å². The van der Waals surface area contributed by atoms with Crippen molar-refractivity contribution < 1.29 is 19.0 Å². The number of amidine groups is 1. The van der Waals surface area contributed by atoms with E-state index in [1.54, 1.807) is 0 Å². The molecule has 1 atom stereocenters. The number of hydrogen-bond acceptors (Lipinski definition) is 4. The van der Waals surface area contributed by atoms with E-state index in [0.717, 1.165) is 0 Å². The Morgan fingerprint density at radius 2 is 2.29 bits per heavy atom. The van der Waals surface area contributed by atoms with Crippen LogP contribution in [0.25, 0.3) is 0 Å². The van der Waals surface area contributed by atoms with Gasteiger partial charge in [-0.25, -0.2) is 9.18 Å². The molecule has 0 saturated heterocycles. The fourth-order valence-electron chi connectivity index (χ4n) is 0.677. The Bertz CT molecular complexity index is 210. The minimum Gasteiger partial charge on any atom is -0.480 e. The number of hydrogen-bond donors (Lipinski definition) is 3. The maximum absolute atomic E-state index is 11.9. The Kier molecular flexibility index (Phi) is 6.59. The summed E-state index contributed by atoms with van der Waals surface area (Å²) in [7, 11) is 0. The van der Waals surface area contributed by atoms with Gasteiger partial charge < -0.3 is 21.3 Å². The third-order valence-corrected chi connectivity index (χ3v) is 1.28. The monoisotopic (exact) mass is 207 g/mol. The largest absolute Gasteiger partial charge is 0.480 e. The lowest BCUT2D eigenvalue weighted by atomic mass is 10.3. The van der Waals surface area contributed by atoms with Crippen LogP contribution >= 0.6 is 0 Å². The van der Waals surface area contributed by atoms with Gasteiger partial charge in [-0.15, -0.1) is 0 Å². The molecule has 0 radical (unpaired) electrons. The van der Waals surface area contributed by atoms with Crippen molar-refractivity contribution in [2.75, 3.05) is 26.4 Å². The number of aliphatic imine (C=N–C) groups is 1. The Labute approximate surface area is 80.7 Å². The highest BCUT2D eigenvalue weighted by atomic mass is 19.1. The van der Waals surface area contributed by atoms with Crippen molar-refractivity contribution in [2.45, 2.75) is 6.04 Å². The third kappa shape index (κ3) is 5.44. The van der Waals surface area contributed by atoms with E-state index in [9.17, 15) is 9.18 Å². The maximum atomic E-state index is 11.9. The summed E-state index contributed by atoms with van der Waals surface area (Å²) in [6.45, 7) is -0.614. The smallest absolute Gasteiger partial charge is 0.330 e. The average Bonchev–Trinajstić information content (AvgIpc) is 2.16. The molecular weight excluding hydrogens is 193 g/mol. The molecule has 0 amide bonds. The van der Waals surface area contributed by atoms with Crippen molar-refractivity contribution in [1.29, 1.82) is 0 Å². The SMILES string of the molecule is NCCOC[C@H](N=C(N)CF)C(=O)O. The lowest BCUT2D eigenvalue weighted by Crippen LogP contribution is -2.29. The third-order valence-electron chi connectivity index (χ3n) is 1.28. The molecule has 0 heterocycles. The summed E-state index contributed by atoms with van der Waals surface area (Å²) in [5.41, 5.74) is 10.2. The van der Waals surface area contributed by atoms with Gasteiger partial charge in [0.1, 0.15) is 12.5 Å². The molecule has 0 aromatic rings. The summed E-state index contributed by atoms with van der Waals surface area (Å²) in [6, 6.07) is -1.17. The highest BCUT2D eigenvalue weighted by molar-refractivity contribution is 5.85. The van der Waals surface area contributed by atoms with Gasteiger partial charge in [0.25, 0.3) is 0 Å². The molecule has 0 aliphatic heterocycles. The van der Waals surface area contributed by atoms with Crippen molar-refractivity contribution in [3.05, 3.63) is 0 Å². The normalized spacial score (nSPS) is 14.0. The molecule has 0 unspecified atom stereocenters. The number of nitrogens with two attached hydrogens (primary N) is 2. The summed E-state index contributed by atoms with van der Waals surface area (Å²) in [4.78, 5) is 14.0. The highest BCUT2D eigenvalue weighted by Crippen LogP contribution is 1.93. The number of carbonyl (C=O) groups is 1. The number of carboxylic acid groups (broad SMARTS) is 1. The van der Waals surface area contributed by atoms with Crippen LogP contribution in [0.3, 0.4) is 0 Å². The predicted molar refractivity (Wildman–Crippen MR) is 48.9 cm³/mol. The minimum atomic E-state index is -1.21. The van der Waals surface area contributed by atoms with Crippen molar-refractivity contribution in [1.82, 2.24) is 0 Å². The van der Waals surface area contributed by atoms with Gasteiger partial charge in [0.2, 0.25) is 0 Å². The second kappa shape index (κ2) is 7.22. The zero-order valence-corrected chi connectivity index (χ0v) is 7.65. The fourth-order valence-corrected chi connectivity index (χ4v) is 0.677. The lowest BCUT2D eigenvalue weighted by molar-refractivity contribution is -0.139. The molecule has 5 N–H and O–H groups in total. The van der Waals surface area contributed by atoms with Crippen molar-refractivity contribution in [3.63, 3.8) is 0 Å². The first kappa shape index (κ1) is 12.8. The summed E-state index contributed by atoms with van der Waals surface area (Å²) < 4.78 is 16.7. The van der Waals surface area contributed by atoms with Crippen LogP contribution in [-0.4, -0.2) is 49.4 Å². The summed E-state index contributed by atoms with van der Waals surface area (Å²) in [5.74, 6) is -1.56. The summed E-state index contributed by atoms with van der Waals surface area (Å²) in [5, 5.41) is 8.62. The Balaban J connectivity index is 4.09. The molecule has 0 spiro atoms. The van der Waals surface area contributed by atoms with Gasteiger partial charge in [-0.1, -0.05) is 0 Å². The molecule has 82 valence electrons. The van der Waals surface area contributed by atoms with Crippen LogP contribution in [0.5, 0.6) is 0 Å². The number of nitrogens with zero attached hydrogens (tertiary/aromatic N) is 1.